The Kier molecular flexibility index (Phi) is 4.48. The first-order valence-electron chi connectivity index (χ1n) is 7.56. The third-order valence-corrected chi connectivity index (χ3v) is 5.45. The molecule has 0 saturated carbocycles. The second-order valence-corrected chi connectivity index (χ2v) is 7.85. The summed E-state index contributed by atoms with van der Waals surface area (Å²) in [5.74, 6) is 0. The van der Waals surface area contributed by atoms with E-state index in [4.69, 9.17) is 16.6 Å². The summed E-state index contributed by atoms with van der Waals surface area (Å²) in [4.78, 5) is 4.73. The summed E-state index contributed by atoms with van der Waals surface area (Å²) in [5, 5.41) is 16.9. The van der Waals surface area contributed by atoms with Gasteiger partial charge in [-0.25, -0.2) is 4.98 Å². The smallest absolute Gasteiger partial charge is 0.210 e. The fourth-order valence-electron chi connectivity index (χ4n) is 2.33. The van der Waals surface area contributed by atoms with E-state index in [1.165, 1.54) is 11.3 Å². The van der Waals surface area contributed by atoms with Crippen LogP contribution < -0.4 is 5.32 Å². The Labute approximate surface area is 158 Å². The largest absolute Gasteiger partial charge is 0.330 e. The van der Waals surface area contributed by atoms with Gasteiger partial charge in [0, 0.05) is 27.2 Å². The Morgan fingerprint density at radius 1 is 0.920 bits per heavy atom. The fraction of sp³-hybridized carbons (Fsp3) is 0.0556. The van der Waals surface area contributed by atoms with E-state index in [0.717, 1.165) is 42.7 Å². The Balaban J connectivity index is 1.53. The zero-order chi connectivity index (χ0) is 17.2. The summed E-state index contributed by atoms with van der Waals surface area (Å²) in [5.41, 5.74) is 4.10. The van der Waals surface area contributed by atoms with Crippen LogP contribution in [-0.4, -0.2) is 15.2 Å². The van der Waals surface area contributed by atoms with E-state index in [1.54, 1.807) is 11.3 Å². The van der Waals surface area contributed by atoms with Crippen molar-refractivity contribution < 1.29 is 0 Å². The van der Waals surface area contributed by atoms with E-state index in [1.807, 2.05) is 43.3 Å². The van der Waals surface area contributed by atoms with Crippen LogP contribution in [0.15, 0.2) is 53.9 Å². The molecule has 4 aromatic rings. The average Bonchev–Trinajstić information content (AvgIpc) is 3.26. The number of benzene rings is 2. The third kappa shape index (κ3) is 3.71. The predicted molar refractivity (Wildman–Crippen MR) is 106 cm³/mol. The second-order valence-electron chi connectivity index (χ2n) is 5.37. The van der Waals surface area contributed by atoms with Gasteiger partial charge in [-0.1, -0.05) is 47.2 Å². The van der Waals surface area contributed by atoms with Gasteiger partial charge >= 0.3 is 0 Å². The van der Waals surface area contributed by atoms with E-state index in [2.05, 4.69) is 33.0 Å². The number of anilines is 2. The van der Waals surface area contributed by atoms with Gasteiger partial charge in [0.1, 0.15) is 10.0 Å². The first-order valence-corrected chi connectivity index (χ1v) is 9.64. The van der Waals surface area contributed by atoms with Crippen molar-refractivity contribution in [3.05, 3.63) is 63.9 Å². The normalized spacial score (nSPS) is 10.8. The van der Waals surface area contributed by atoms with Gasteiger partial charge in [0.25, 0.3) is 0 Å². The van der Waals surface area contributed by atoms with Crippen LogP contribution in [0.5, 0.6) is 0 Å². The average molecular weight is 385 g/mol. The molecule has 0 atom stereocenters. The van der Waals surface area contributed by atoms with Crippen LogP contribution in [0.1, 0.15) is 5.01 Å². The maximum absolute atomic E-state index is 5.94. The lowest BCUT2D eigenvalue weighted by atomic mass is 10.1. The van der Waals surface area contributed by atoms with Crippen LogP contribution in [0.2, 0.25) is 5.02 Å². The monoisotopic (exact) mass is 384 g/mol. The lowest BCUT2D eigenvalue weighted by Gasteiger charge is -2.03. The van der Waals surface area contributed by atoms with Crippen LogP contribution in [0.3, 0.4) is 0 Å². The number of thiazole rings is 1. The minimum absolute atomic E-state index is 0.731. The molecule has 0 bridgehead atoms. The number of hydrogen-bond acceptors (Lipinski definition) is 6. The van der Waals surface area contributed by atoms with Gasteiger partial charge in [0.15, 0.2) is 0 Å². The standard InChI is InChI=1S/C18H13ClN4S2/c1-11-22-23-18(25-11)20-15-8-4-12(5-9-15)16-10-24-17(21-16)13-2-6-14(19)7-3-13/h2-10H,1H3,(H,20,23). The number of aromatic nitrogens is 3. The molecule has 2 aromatic heterocycles. The second kappa shape index (κ2) is 6.92. The predicted octanol–water partition coefficient (Wildman–Crippen LogP) is 6.03. The van der Waals surface area contributed by atoms with E-state index in [0.29, 0.717) is 0 Å². The SMILES string of the molecule is Cc1nnc(Nc2ccc(-c3csc(-c4ccc(Cl)cc4)n3)cc2)s1. The number of rotatable bonds is 4. The van der Waals surface area contributed by atoms with Crippen LogP contribution in [-0.2, 0) is 0 Å². The maximum Gasteiger partial charge on any atom is 0.210 e. The first-order chi connectivity index (χ1) is 12.2. The zero-order valence-electron chi connectivity index (χ0n) is 13.2. The molecule has 4 rings (SSSR count). The molecule has 0 aliphatic rings. The Morgan fingerprint density at radius 3 is 2.32 bits per heavy atom. The lowest BCUT2D eigenvalue weighted by Crippen LogP contribution is -1.89. The topological polar surface area (TPSA) is 50.7 Å². The Hall–Kier alpha value is -2.28. The fourth-order valence-corrected chi connectivity index (χ4v) is 3.90. The minimum Gasteiger partial charge on any atom is -0.330 e. The molecule has 2 aromatic carbocycles. The number of aryl methyl sites for hydroxylation is 1. The summed E-state index contributed by atoms with van der Waals surface area (Å²) in [6, 6.07) is 15.9. The van der Waals surface area contributed by atoms with Gasteiger partial charge in [0.05, 0.1) is 5.69 Å². The zero-order valence-corrected chi connectivity index (χ0v) is 15.6. The molecule has 25 heavy (non-hydrogen) atoms. The van der Waals surface area contributed by atoms with Crippen molar-refractivity contribution in [2.24, 2.45) is 0 Å². The van der Waals surface area contributed by atoms with Gasteiger partial charge in [-0.3, -0.25) is 0 Å². The molecule has 0 unspecified atom stereocenters. The van der Waals surface area contributed by atoms with Crippen molar-refractivity contribution in [1.29, 1.82) is 0 Å². The molecular formula is C18H13ClN4S2. The van der Waals surface area contributed by atoms with Gasteiger partial charge in [-0.15, -0.1) is 21.5 Å². The van der Waals surface area contributed by atoms with E-state index in [9.17, 15) is 0 Å². The van der Waals surface area contributed by atoms with Crippen molar-refractivity contribution in [3.63, 3.8) is 0 Å². The molecule has 4 nitrogen and oxygen atoms in total. The van der Waals surface area contributed by atoms with Crippen LogP contribution >= 0.6 is 34.3 Å². The highest BCUT2D eigenvalue weighted by Crippen LogP contribution is 2.30. The molecule has 0 amide bonds. The van der Waals surface area contributed by atoms with Crippen molar-refractivity contribution in [2.75, 3.05) is 5.32 Å². The molecule has 0 fully saturated rings. The van der Waals surface area contributed by atoms with E-state index >= 15 is 0 Å². The number of halogens is 1. The summed E-state index contributed by atoms with van der Waals surface area (Å²) >= 11 is 9.10. The molecule has 2 heterocycles. The summed E-state index contributed by atoms with van der Waals surface area (Å²) in [7, 11) is 0. The number of nitrogens with one attached hydrogen (secondary N) is 1. The first kappa shape index (κ1) is 16.2. The molecule has 0 radical (unpaired) electrons. The van der Waals surface area contributed by atoms with Crippen LogP contribution in [0.25, 0.3) is 21.8 Å². The van der Waals surface area contributed by atoms with Crippen molar-refractivity contribution in [3.8, 4) is 21.8 Å². The van der Waals surface area contributed by atoms with E-state index in [-0.39, 0.29) is 0 Å². The van der Waals surface area contributed by atoms with Gasteiger partial charge in [-0.05, 0) is 31.2 Å². The molecule has 0 spiro atoms. The van der Waals surface area contributed by atoms with Gasteiger partial charge < -0.3 is 5.32 Å². The van der Waals surface area contributed by atoms with Crippen molar-refractivity contribution >= 4 is 45.1 Å². The van der Waals surface area contributed by atoms with Crippen molar-refractivity contribution in [1.82, 2.24) is 15.2 Å². The number of nitrogens with zero attached hydrogens (tertiary/aromatic N) is 3. The van der Waals surface area contributed by atoms with Crippen molar-refractivity contribution in [2.45, 2.75) is 6.92 Å². The maximum atomic E-state index is 5.94. The highest BCUT2D eigenvalue weighted by atomic mass is 35.5. The molecule has 0 aliphatic carbocycles. The highest BCUT2D eigenvalue weighted by Gasteiger charge is 2.07. The summed E-state index contributed by atoms with van der Waals surface area (Å²) in [6.45, 7) is 1.94. The summed E-state index contributed by atoms with van der Waals surface area (Å²) < 4.78 is 0. The molecular weight excluding hydrogens is 372 g/mol. The molecule has 7 heteroatoms. The highest BCUT2D eigenvalue weighted by molar-refractivity contribution is 7.15. The minimum atomic E-state index is 0.731. The Morgan fingerprint density at radius 2 is 1.64 bits per heavy atom. The van der Waals surface area contributed by atoms with E-state index < -0.39 is 0 Å². The Bertz CT molecular complexity index is 991. The van der Waals surface area contributed by atoms with Crippen LogP contribution in [0, 0.1) is 6.92 Å². The third-order valence-electron chi connectivity index (χ3n) is 3.55. The quantitative estimate of drug-likeness (QED) is 0.466. The molecule has 1 N–H and O–H groups in total. The lowest BCUT2D eigenvalue weighted by molar-refractivity contribution is 1.05. The van der Waals surface area contributed by atoms with Gasteiger partial charge in [-0.2, -0.15) is 0 Å². The summed E-state index contributed by atoms with van der Waals surface area (Å²) in [6.07, 6.45) is 0. The molecule has 0 saturated heterocycles. The number of hydrogen-bond donors (Lipinski definition) is 1. The molecule has 124 valence electrons. The van der Waals surface area contributed by atoms with Crippen LogP contribution in [0.4, 0.5) is 10.8 Å². The molecule has 0 aliphatic heterocycles. The van der Waals surface area contributed by atoms with Gasteiger partial charge in [0.2, 0.25) is 5.13 Å².